The molecule has 1 aromatic heterocycles. The number of amides is 1. The smallest absolute Gasteiger partial charge is 0.277 e. The van der Waals surface area contributed by atoms with Crippen molar-refractivity contribution in [3.8, 4) is 17.2 Å². The number of carbonyl (C=O) groups is 1. The number of carbonyl (C=O) groups excluding carboxylic acids is 1. The number of benzene rings is 2. The van der Waals surface area contributed by atoms with Gasteiger partial charge >= 0.3 is 0 Å². The summed E-state index contributed by atoms with van der Waals surface area (Å²) in [5.74, 6) is 0.915. The molecule has 0 saturated carbocycles. The predicted octanol–water partition coefficient (Wildman–Crippen LogP) is 4.44. The fourth-order valence-electron chi connectivity index (χ4n) is 2.23. The van der Waals surface area contributed by atoms with Crippen LogP contribution >= 0.6 is 23.4 Å². The molecule has 0 saturated heterocycles. The average Bonchev–Trinajstić information content (AvgIpc) is 3.09. The molecule has 0 atom stereocenters. The van der Waals surface area contributed by atoms with E-state index < -0.39 is 0 Å². The quantitative estimate of drug-likeness (QED) is 0.628. The average molecular weight is 390 g/mol. The Morgan fingerprint density at radius 2 is 2.12 bits per heavy atom. The summed E-state index contributed by atoms with van der Waals surface area (Å²) >= 11 is 7.21. The highest BCUT2D eigenvalue weighted by Crippen LogP contribution is 2.28. The molecule has 0 spiro atoms. The van der Waals surface area contributed by atoms with E-state index in [0.717, 1.165) is 11.1 Å². The number of rotatable bonds is 6. The molecule has 2 aromatic carbocycles. The number of nitrogens with one attached hydrogen (secondary N) is 1. The zero-order valence-electron chi connectivity index (χ0n) is 14.2. The highest BCUT2D eigenvalue weighted by atomic mass is 35.5. The van der Waals surface area contributed by atoms with E-state index in [9.17, 15) is 4.79 Å². The lowest BCUT2D eigenvalue weighted by molar-refractivity contribution is -0.113. The van der Waals surface area contributed by atoms with Crippen molar-refractivity contribution in [2.45, 2.75) is 12.1 Å². The van der Waals surface area contributed by atoms with Gasteiger partial charge in [0.25, 0.3) is 5.22 Å². The molecule has 134 valence electrons. The minimum atomic E-state index is -0.202. The molecule has 3 aromatic rings. The molecule has 1 heterocycles. The summed E-state index contributed by atoms with van der Waals surface area (Å²) in [6.45, 7) is 1.99. The van der Waals surface area contributed by atoms with Gasteiger partial charge in [-0.25, -0.2) is 0 Å². The van der Waals surface area contributed by atoms with Crippen LogP contribution in [0.25, 0.3) is 11.5 Å². The fourth-order valence-corrected chi connectivity index (χ4v) is 3.05. The molecule has 8 heteroatoms. The molecule has 0 aliphatic carbocycles. The Morgan fingerprint density at radius 3 is 2.85 bits per heavy atom. The number of aromatic nitrogens is 2. The number of halogens is 1. The number of methoxy groups -OCH3 is 1. The maximum atomic E-state index is 12.1. The third kappa shape index (κ3) is 4.56. The monoisotopic (exact) mass is 389 g/mol. The molecular formula is C18H16ClN3O3S. The highest BCUT2D eigenvalue weighted by molar-refractivity contribution is 7.99. The van der Waals surface area contributed by atoms with Crippen molar-refractivity contribution >= 4 is 35.0 Å². The van der Waals surface area contributed by atoms with Crippen LogP contribution in [0.15, 0.2) is 52.1 Å². The summed E-state index contributed by atoms with van der Waals surface area (Å²) in [7, 11) is 1.53. The van der Waals surface area contributed by atoms with Gasteiger partial charge in [-0.15, -0.1) is 10.2 Å². The first-order valence-electron chi connectivity index (χ1n) is 7.72. The molecule has 0 fully saturated rings. The van der Waals surface area contributed by atoms with E-state index in [-0.39, 0.29) is 11.7 Å². The molecular weight excluding hydrogens is 374 g/mol. The highest BCUT2D eigenvalue weighted by Gasteiger charge is 2.12. The van der Waals surface area contributed by atoms with Crippen molar-refractivity contribution < 1.29 is 13.9 Å². The first kappa shape index (κ1) is 18.3. The molecule has 1 N–H and O–H groups in total. The van der Waals surface area contributed by atoms with E-state index in [1.807, 2.05) is 31.2 Å². The van der Waals surface area contributed by atoms with Gasteiger partial charge in [-0.05, 0) is 37.3 Å². The first-order valence-corrected chi connectivity index (χ1v) is 9.08. The van der Waals surface area contributed by atoms with Gasteiger partial charge in [-0.2, -0.15) is 0 Å². The number of ether oxygens (including phenoxy) is 1. The Hall–Kier alpha value is -2.51. The number of thioether (sulfide) groups is 1. The van der Waals surface area contributed by atoms with Crippen molar-refractivity contribution in [1.29, 1.82) is 0 Å². The van der Waals surface area contributed by atoms with Crippen molar-refractivity contribution in [3.63, 3.8) is 0 Å². The maximum absolute atomic E-state index is 12.1. The van der Waals surface area contributed by atoms with Crippen molar-refractivity contribution in [2.24, 2.45) is 0 Å². The number of anilines is 1. The third-order valence-electron chi connectivity index (χ3n) is 3.43. The van der Waals surface area contributed by atoms with E-state index in [2.05, 4.69) is 15.5 Å². The summed E-state index contributed by atoms with van der Waals surface area (Å²) in [4.78, 5) is 12.1. The molecule has 0 unspecified atom stereocenters. The van der Waals surface area contributed by atoms with Crippen LogP contribution in [0.4, 0.5) is 5.69 Å². The lowest BCUT2D eigenvalue weighted by Gasteiger charge is -2.07. The van der Waals surface area contributed by atoms with E-state index in [4.69, 9.17) is 20.8 Å². The molecule has 1 amide bonds. The standard InChI is InChI=1S/C18H16ClN3O3S/c1-11-4-3-5-12(8-11)17-21-22-18(25-17)26-10-16(23)20-13-6-7-15(24-2)14(19)9-13/h3-9H,10H2,1-2H3,(H,20,23). The van der Waals surface area contributed by atoms with E-state index >= 15 is 0 Å². The van der Waals surface area contributed by atoms with Crippen molar-refractivity contribution in [3.05, 3.63) is 53.1 Å². The minimum Gasteiger partial charge on any atom is -0.495 e. The zero-order chi connectivity index (χ0) is 18.5. The van der Waals surface area contributed by atoms with Crippen LogP contribution in [-0.2, 0) is 4.79 Å². The number of hydrogen-bond donors (Lipinski definition) is 1. The topological polar surface area (TPSA) is 77.2 Å². The van der Waals surface area contributed by atoms with Crippen LogP contribution in [0.5, 0.6) is 5.75 Å². The van der Waals surface area contributed by atoms with Gasteiger partial charge in [-0.1, -0.05) is 41.1 Å². The second kappa shape index (κ2) is 8.25. The van der Waals surface area contributed by atoms with E-state index in [1.165, 1.54) is 18.9 Å². The minimum absolute atomic E-state index is 0.138. The molecule has 6 nitrogen and oxygen atoms in total. The van der Waals surface area contributed by atoms with Gasteiger partial charge in [0.15, 0.2) is 0 Å². The van der Waals surface area contributed by atoms with Gasteiger partial charge in [0.2, 0.25) is 11.8 Å². The van der Waals surface area contributed by atoms with Crippen LogP contribution < -0.4 is 10.1 Å². The summed E-state index contributed by atoms with van der Waals surface area (Å²) < 4.78 is 10.7. The van der Waals surface area contributed by atoms with Crippen molar-refractivity contribution in [1.82, 2.24) is 10.2 Å². The summed E-state index contributed by atoms with van der Waals surface area (Å²) in [5.41, 5.74) is 2.54. The maximum Gasteiger partial charge on any atom is 0.277 e. The Labute approximate surface area is 159 Å². The lowest BCUT2D eigenvalue weighted by Crippen LogP contribution is -2.14. The molecule has 3 rings (SSSR count). The molecule has 0 bridgehead atoms. The van der Waals surface area contributed by atoms with Crippen molar-refractivity contribution in [2.75, 3.05) is 18.2 Å². The SMILES string of the molecule is COc1ccc(NC(=O)CSc2nnc(-c3cccc(C)c3)o2)cc1Cl. The molecule has 0 radical (unpaired) electrons. The van der Waals surface area contributed by atoms with Gasteiger partial charge in [0, 0.05) is 11.3 Å². The van der Waals surface area contributed by atoms with E-state index in [1.54, 1.807) is 18.2 Å². The van der Waals surface area contributed by atoms with Crippen LogP contribution in [0.2, 0.25) is 5.02 Å². The van der Waals surface area contributed by atoms with Gasteiger partial charge in [0.05, 0.1) is 17.9 Å². The Bertz CT molecular complexity index is 930. The zero-order valence-corrected chi connectivity index (χ0v) is 15.7. The normalized spacial score (nSPS) is 10.6. The molecule has 26 heavy (non-hydrogen) atoms. The van der Waals surface area contributed by atoms with Gasteiger partial charge in [0.1, 0.15) is 5.75 Å². The number of aryl methyl sites for hydroxylation is 1. The van der Waals surface area contributed by atoms with E-state index in [0.29, 0.717) is 27.6 Å². The summed E-state index contributed by atoms with van der Waals surface area (Å²) in [6, 6.07) is 12.8. The Balaban J connectivity index is 1.57. The first-order chi connectivity index (χ1) is 12.5. The van der Waals surface area contributed by atoms with Crippen LogP contribution in [-0.4, -0.2) is 29.0 Å². The van der Waals surface area contributed by atoms with Crippen LogP contribution in [0.1, 0.15) is 5.56 Å². The summed E-state index contributed by atoms with van der Waals surface area (Å²) in [6.07, 6.45) is 0. The second-order valence-corrected chi connectivity index (χ2v) is 6.76. The van der Waals surface area contributed by atoms with Crippen LogP contribution in [0.3, 0.4) is 0 Å². The van der Waals surface area contributed by atoms with Crippen LogP contribution in [0, 0.1) is 6.92 Å². The largest absolute Gasteiger partial charge is 0.495 e. The van der Waals surface area contributed by atoms with Gasteiger partial charge < -0.3 is 14.5 Å². The lowest BCUT2D eigenvalue weighted by atomic mass is 10.1. The summed E-state index contributed by atoms with van der Waals surface area (Å²) in [5, 5.41) is 11.5. The number of nitrogens with zero attached hydrogens (tertiary/aromatic N) is 2. The Kier molecular flexibility index (Phi) is 5.80. The third-order valence-corrected chi connectivity index (χ3v) is 4.55. The van der Waals surface area contributed by atoms with Gasteiger partial charge in [-0.3, -0.25) is 4.79 Å². The Morgan fingerprint density at radius 1 is 1.27 bits per heavy atom. The molecule has 0 aliphatic rings. The molecule has 0 aliphatic heterocycles. The second-order valence-electron chi connectivity index (χ2n) is 5.43. The predicted molar refractivity (Wildman–Crippen MR) is 102 cm³/mol. The number of hydrogen-bond acceptors (Lipinski definition) is 6. The fraction of sp³-hybridized carbons (Fsp3) is 0.167.